The van der Waals surface area contributed by atoms with E-state index in [-0.39, 0.29) is 17.8 Å². The van der Waals surface area contributed by atoms with Gasteiger partial charge >= 0.3 is 0 Å². The van der Waals surface area contributed by atoms with Crippen molar-refractivity contribution in [2.45, 2.75) is 0 Å². The lowest BCUT2D eigenvalue weighted by molar-refractivity contribution is 0.623. The van der Waals surface area contributed by atoms with Crippen LogP contribution in [0.5, 0.6) is 0 Å². The molecule has 5 nitrogen and oxygen atoms in total. The first-order valence-electron chi connectivity index (χ1n) is 23.0. The molecule has 5 heteroatoms. The highest BCUT2D eigenvalue weighted by Crippen LogP contribution is 2.45. The van der Waals surface area contributed by atoms with Gasteiger partial charge < -0.3 is 19.1 Å². The molecule has 0 N–H and O–H groups in total. The molecule has 10 aromatic carbocycles. The molecular weight excluding hydrogens is 757 g/mol. The standard InChI is InChI=1S/C57H40N4O/c1-6-19-42(20-7-1)57-58-53-38-36-41-35-37-51-52(55(41)56(53)62-57)33-18-34-54(51)61(46-27-14-5-15-28-46)50-32-17-31-49(40-50)60(45-25-12-4-13-26-45)48-30-16-29-47(39-48)59(43-21-8-2-9-22-43)44-23-10-3-11-24-44/h1-40H/i5D,14D,15D,27D,28D. The van der Waals surface area contributed by atoms with Gasteiger partial charge in [-0.2, -0.15) is 0 Å². The third-order valence-corrected chi connectivity index (χ3v) is 11.1. The Kier molecular flexibility index (Phi) is 8.12. The first-order chi connectivity index (χ1) is 32.8. The van der Waals surface area contributed by atoms with Crippen LogP contribution >= 0.6 is 0 Å². The molecule has 1 aromatic heterocycles. The Morgan fingerprint density at radius 2 is 0.871 bits per heavy atom. The third-order valence-electron chi connectivity index (χ3n) is 11.1. The SMILES string of the molecule is [2H]c1c([2H])c([2H])c(N(c2cccc(N(c3ccccc3)c3cccc(N(c4ccccc4)c4ccccc4)c3)c2)c2cccc3c2ccc2ccc4nc(-c5ccccc5)oc4c23)c([2H])c1[2H]. The van der Waals surface area contributed by atoms with Crippen molar-refractivity contribution in [1.82, 2.24) is 4.98 Å². The Balaban J connectivity index is 1.12. The van der Waals surface area contributed by atoms with Crippen LogP contribution in [0.25, 0.3) is 44.1 Å². The molecule has 0 fully saturated rings. The molecule has 0 amide bonds. The summed E-state index contributed by atoms with van der Waals surface area (Å²) in [6.45, 7) is 0. The fraction of sp³-hybridized carbons (Fsp3) is 0. The van der Waals surface area contributed by atoms with Crippen LogP contribution in [0.15, 0.2) is 247 Å². The maximum absolute atomic E-state index is 9.36. The molecule has 294 valence electrons. The van der Waals surface area contributed by atoms with E-state index in [2.05, 4.69) is 70.5 Å². The second-order valence-corrected chi connectivity index (χ2v) is 14.9. The van der Waals surface area contributed by atoms with Crippen molar-refractivity contribution in [3.63, 3.8) is 0 Å². The molecular formula is C57H40N4O. The van der Waals surface area contributed by atoms with E-state index < -0.39 is 18.1 Å². The summed E-state index contributed by atoms with van der Waals surface area (Å²) in [4.78, 5) is 11.1. The molecule has 0 saturated heterocycles. The first-order valence-corrected chi connectivity index (χ1v) is 20.5. The number of oxazole rings is 1. The van der Waals surface area contributed by atoms with Crippen LogP contribution in [0.3, 0.4) is 0 Å². The fourth-order valence-electron chi connectivity index (χ4n) is 8.35. The average Bonchev–Trinajstić information content (AvgIpc) is 3.83. The van der Waals surface area contributed by atoms with Crippen molar-refractivity contribution in [2.24, 2.45) is 0 Å². The van der Waals surface area contributed by atoms with Crippen LogP contribution < -0.4 is 14.7 Å². The summed E-state index contributed by atoms with van der Waals surface area (Å²) in [6, 6.07) is 68.7. The van der Waals surface area contributed by atoms with E-state index in [9.17, 15) is 2.74 Å². The first kappa shape index (κ1) is 31.5. The summed E-state index contributed by atoms with van der Waals surface area (Å²) in [7, 11) is 0. The van der Waals surface area contributed by atoms with Crippen molar-refractivity contribution in [3.8, 4) is 11.5 Å². The van der Waals surface area contributed by atoms with E-state index in [0.29, 0.717) is 28.4 Å². The van der Waals surface area contributed by atoms with Crippen molar-refractivity contribution < 1.29 is 11.3 Å². The average molecular weight is 802 g/mol. The quantitative estimate of drug-likeness (QED) is 0.129. The predicted octanol–water partition coefficient (Wildman–Crippen LogP) is 16.2. The maximum Gasteiger partial charge on any atom is 0.227 e. The smallest absolute Gasteiger partial charge is 0.227 e. The largest absolute Gasteiger partial charge is 0.435 e. The van der Waals surface area contributed by atoms with Crippen LogP contribution in [-0.4, -0.2) is 4.98 Å². The molecule has 0 radical (unpaired) electrons. The monoisotopic (exact) mass is 801 g/mol. The Labute approximate surface area is 367 Å². The highest BCUT2D eigenvalue weighted by molar-refractivity contribution is 6.20. The number of hydrogen-bond donors (Lipinski definition) is 0. The van der Waals surface area contributed by atoms with Gasteiger partial charge in [0.05, 0.1) is 12.5 Å². The molecule has 11 rings (SSSR count). The third kappa shape index (κ3) is 6.78. The minimum absolute atomic E-state index is 0.0228. The van der Waals surface area contributed by atoms with Crippen LogP contribution in [0.2, 0.25) is 0 Å². The normalized spacial score (nSPS) is 12.4. The number of benzene rings is 10. The lowest BCUT2D eigenvalue weighted by atomic mass is 9.99. The lowest BCUT2D eigenvalue weighted by Crippen LogP contribution is -2.14. The number of nitrogens with zero attached hydrogens (tertiary/aromatic N) is 4. The number of para-hydroxylation sites is 4. The van der Waals surface area contributed by atoms with E-state index in [1.807, 2.05) is 152 Å². The lowest BCUT2D eigenvalue weighted by Gasteiger charge is -2.31. The van der Waals surface area contributed by atoms with Crippen LogP contribution in [0, 0.1) is 0 Å². The fourth-order valence-corrected chi connectivity index (χ4v) is 8.35. The minimum atomic E-state index is -0.464. The zero-order chi connectivity index (χ0) is 45.6. The zero-order valence-electron chi connectivity index (χ0n) is 38.4. The number of aromatic nitrogens is 1. The van der Waals surface area contributed by atoms with Crippen LogP contribution in [0.4, 0.5) is 51.2 Å². The molecule has 0 aliphatic carbocycles. The topological polar surface area (TPSA) is 35.8 Å². The van der Waals surface area contributed by atoms with Gasteiger partial charge in [0.1, 0.15) is 5.52 Å². The van der Waals surface area contributed by atoms with Gasteiger partial charge in [-0.05, 0) is 120 Å². The number of rotatable bonds is 10. The number of fused-ring (bicyclic) bond motifs is 5. The number of hydrogen-bond acceptors (Lipinski definition) is 5. The van der Waals surface area contributed by atoms with Crippen molar-refractivity contribution >= 4 is 83.8 Å². The van der Waals surface area contributed by atoms with Gasteiger partial charge in [0.15, 0.2) is 5.58 Å². The highest BCUT2D eigenvalue weighted by atomic mass is 16.3. The minimum Gasteiger partial charge on any atom is -0.435 e. The Hall–Kier alpha value is -8.41. The van der Waals surface area contributed by atoms with Crippen molar-refractivity contribution in [1.29, 1.82) is 0 Å². The number of anilines is 9. The molecule has 0 spiro atoms. The second kappa shape index (κ2) is 16.0. The van der Waals surface area contributed by atoms with E-state index in [0.717, 1.165) is 61.2 Å². The zero-order valence-corrected chi connectivity index (χ0v) is 33.4. The molecule has 62 heavy (non-hydrogen) atoms. The predicted molar refractivity (Wildman–Crippen MR) is 259 cm³/mol. The van der Waals surface area contributed by atoms with E-state index in [1.165, 1.54) is 0 Å². The van der Waals surface area contributed by atoms with Crippen LogP contribution in [-0.2, 0) is 0 Å². The van der Waals surface area contributed by atoms with E-state index >= 15 is 0 Å². The van der Waals surface area contributed by atoms with E-state index in [4.69, 9.17) is 13.5 Å². The second-order valence-electron chi connectivity index (χ2n) is 14.9. The Bertz CT molecular complexity index is 3540. The molecule has 0 unspecified atom stereocenters. The maximum atomic E-state index is 9.36. The molecule has 1 heterocycles. The summed E-state index contributed by atoms with van der Waals surface area (Å²) in [5.41, 5.74) is 8.97. The van der Waals surface area contributed by atoms with Crippen molar-refractivity contribution in [3.05, 3.63) is 243 Å². The van der Waals surface area contributed by atoms with Gasteiger partial charge in [0.25, 0.3) is 0 Å². The van der Waals surface area contributed by atoms with Crippen LogP contribution in [0.1, 0.15) is 6.85 Å². The molecule has 0 aliphatic rings. The summed E-state index contributed by atoms with van der Waals surface area (Å²) in [6.07, 6.45) is 0. The Morgan fingerprint density at radius 1 is 0.387 bits per heavy atom. The highest BCUT2D eigenvalue weighted by Gasteiger charge is 2.22. The summed E-state index contributed by atoms with van der Waals surface area (Å²) in [5, 5.41) is 3.44. The van der Waals surface area contributed by atoms with Gasteiger partial charge in [-0.1, -0.05) is 133 Å². The van der Waals surface area contributed by atoms with E-state index in [1.54, 1.807) is 4.90 Å². The summed E-state index contributed by atoms with van der Waals surface area (Å²) in [5.74, 6) is 0.509. The van der Waals surface area contributed by atoms with Crippen molar-refractivity contribution in [2.75, 3.05) is 14.7 Å². The summed E-state index contributed by atoms with van der Waals surface area (Å²) < 4.78 is 51.5. The summed E-state index contributed by atoms with van der Waals surface area (Å²) >= 11 is 0. The van der Waals surface area contributed by atoms with Gasteiger partial charge in [-0.15, -0.1) is 0 Å². The van der Waals surface area contributed by atoms with Gasteiger partial charge in [0, 0.05) is 61.8 Å². The Morgan fingerprint density at radius 3 is 1.45 bits per heavy atom. The molecule has 0 saturated carbocycles. The molecule has 11 aromatic rings. The van der Waals surface area contributed by atoms with Gasteiger partial charge in [-0.3, -0.25) is 0 Å². The molecule has 0 atom stereocenters. The van der Waals surface area contributed by atoms with Gasteiger partial charge in [0.2, 0.25) is 5.89 Å². The molecule has 0 bridgehead atoms. The molecule has 0 aliphatic heterocycles. The van der Waals surface area contributed by atoms with Gasteiger partial charge in [-0.25, -0.2) is 4.98 Å².